The van der Waals surface area contributed by atoms with Crippen LogP contribution in [0.5, 0.6) is 5.75 Å². The number of rotatable bonds is 6. The van der Waals surface area contributed by atoms with Gasteiger partial charge in [-0.1, -0.05) is 12.1 Å². The van der Waals surface area contributed by atoms with E-state index in [1.54, 1.807) is 24.7 Å². The van der Waals surface area contributed by atoms with Crippen molar-refractivity contribution >= 4 is 22.5 Å². The summed E-state index contributed by atoms with van der Waals surface area (Å²) in [6, 6.07) is 6.97. The van der Waals surface area contributed by atoms with Crippen LogP contribution in [0.3, 0.4) is 0 Å². The first-order valence-electron chi connectivity index (χ1n) is 7.80. The Kier molecular flexibility index (Phi) is 5.28. The average Bonchev–Trinajstić information content (AvgIpc) is 3.01. The van der Waals surface area contributed by atoms with Crippen LogP contribution in [-0.2, 0) is 11.3 Å². The fraction of sp³-hybridized carbons (Fsp3) is 0.176. The van der Waals surface area contributed by atoms with E-state index in [4.69, 9.17) is 0 Å². The van der Waals surface area contributed by atoms with E-state index < -0.39 is 18.5 Å². The first kappa shape index (κ1) is 18.7. The third kappa shape index (κ3) is 4.96. The van der Waals surface area contributed by atoms with Gasteiger partial charge in [0.05, 0.1) is 11.2 Å². The second-order valence-corrected chi connectivity index (χ2v) is 5.59. The number of halogens is 3. The molecule has 4 N–H and O–H groups in total. The number of anilines is 1. The summed E-state index contributed by atoms with van der Waals surface area (Å²) < 4.78 is 40.6. The molecule has 0 saturated heterocycles. The second kappa shape index (κ2) is 7.64. The minimum atomic E-state index is -4.79. The molecule has 1 atom stereocenters. The lowest BCUT2D eigenvalue weighted by Gasteiger charge is -2.14. The highest BCUT2D eigenvalue weighted by Crippen LogP contribution is 2.23. The molecule has 0 bridgehead atoms. The van der Waals surface area contributed by atoms with Gasteiger partial charge in [-0.2, -0.15) is 0 Å². The highest BCUT2D eigenvalue weighted by molar-refractivity contribution is 6.02. The highest BCUT2D eigenvalue weighted by atomic mass is 19.4. The van der Waals surface area contributed by atoms with Gasteiger partial charge in [0, 0.05) is 30.5 Å². The van der Waals surface area contributed by atoms with Crippen molar-refractivity contribution in [3.8, 4) is 5.75 Å². The number of nitrogens with zero attached hydrogens (tertiary/aromatic N) is 1. The molecule has 0 fully saturated rings. The van der Waals surface area contributed by atoms with Crippen molar-refractivity contribution < 1.29 is 27.8 Å². The topological polar surface area (TPSA) is 99.3 Å². The summed E-state index contributed by atoms with van der Waals surface area (Å²) in [5, 5.41) is 15.7. The Bertz CT molecular complexity index is 942. The van der Waals surface area contributed by atoms with Gasteiger partial charge in [-0.25, -0.2) is 0 Å². The van der Waals surface area contributed by atoms with Gasteiger partial charge in [0.25, 0.3) is 5.91 Å². The monoisotopic (exact) mass is 380 g/mol. The van der Waals surface area contributed by atoms with E-state index in [1.807, 2.05) is 0 Å². The van der Waals surface area contributed by atoms with Gasteiger partial charge in [-0.15, -0.1) is 13.2 Å². The van der Waals surface area contributed by atoms with E-state index in [0.29, 0.717) is 16.6 Å². The van der Waals surface area contributed by atoms with Crippen LogP contribution < -0.4 is 15.4 Å². The number of ether oxygens (including phenoxy) is 1. The van der Waals surface area contributed by atoms with Crippen molar-refractivity contribution in [2.75, 3.05) is 5.32 Å². The van der Waals surface area contributed by atoms with Gasteiger partial charge in [0.15, 0.2) is 6.23 Å². The fourth-order valence-corrected chi connectivity index (χ4v) is 2.43. The van der Waals surface area contributed by atoms with Crippen molar-refractivity contribution in [1.82, 2.24) is 15.3 Å². The molecule has 0 aliphatic carbocycles. The van der Waals surface area contributed by atoms with Gasteiger partial charge in [-0.05, 0) is 23.8 Å². The summed E-state index contributed by atoms with van der Waals surface area (Å²) in [6.45, 7) is -0.0426. The van der Waals surface area contributed by atoms with Crippen LogP contribution in [0.15, 0.2) is 48.9 Å². The lowest BCUT2D eigenvalue weighted by molar-refractivity contribution is -0.274. The normalized spacial score (nSPS) is 12.7. The van der Waals surface area contributed by atoms with E-state index in [9.17, 15) is 23.1 Å². The number of carbonyl (C=O) groups is 1. The Morgan fingerprint density at radius 2 is 2.15 bits per heavy atom. The number of amides is 1. The predicted octanol–water partition coefficient (Wildman–Crippen LogP) is 2.51. The quantitative estimate of drug-likeness (QED) is 0.493. The standard InChI is InChI=1S/C17H15F3N4O3/c18-17(19,20)27-11-3-1-2-10(6-11)7-23-15(25)16(26)24-14-9-22-13-4-5-21-8-12(13)14/h1-6,8-9,15,22-23,25H,7H2,(H,24,26). The Morgan fingerprint density at radius 1 is 1.33 bits per heavy atom. The Balaban J connectivity index is 1.58. The molecular formula is C17H15F3N4O3. The summed E-state index contributed by atoms with van der Waals surface area (Å²) in [5.74, 6) is -1.10. The molecule has 7 nitrogen and oxygen atoms in total. The predicted molar refractivity (Wildman–Crippen MR) is 90.7 cm³/mol. The average molecular weight is 380 g/mol. The zero-order chi connectivity index (χ0) is 19.4. The molecule has 3 rings (SSSR count). The number of aliphatic hydroxyl groups is 1. The summed E-state index contributed by atoms with van der Waals surface area (Å²) in [5.41, 5.74) is 1.62. The second-order valence-electron chi connectivity index (χ2n) is 5.59. The minimum absolute atomic E-state index is 0.0426. The van der Waals surface area contributed by atoms with Crippen LogP contribution >= 0.6 is 0 Å². The molecule has 0 saturated carbocycles. The van der Waals surface area contributed by atoms with Gasteiger partial charge in [-0.3, -0.25) is 15.1 Å². The van der Waals surface area contributed by atoms with Crippen molar-refractivity contribution in [3.05, 3.63) is 54.5 Å². The van der Waals surface area contributed by atoms with Crippen LogP contribution in [0, 0.1) is 0 Å². The van der Waals surface area contributed by atoms with Crippen LogP contribution in [0.2, 0.25) is 0 Å². The molecular weight excluding hydrogens is 365 g/mol. The maximum Gasteiger partial charge on any atom is 0.573 e. The molecule has 1 aromatic carbocycles. The Labute approximate surface area is 151 Å². The maximum absolute atomic E-state index is 12.2. The third-order valence-electron chi connectivity index (χ3n) is 3.62. The molecule has 142 valence electrons. The summed E-state index contributed by atoms with van der Waals surface area (Å²) in [7, 11) is 0. The summed E-state index contributed by atoms with van der Waals surface area (Å²) in [4.78, 5) is 19.0. The molecule has 3 aromatic rings. The summed E-state index contributed by atoms with van der Waals surface area (Å²) in [6.07, 6.45) is -1.64. The SMILES string of the molecule is O=C(Nc1c[nH]c2ccncc12)C(O)NCc1cccc(OC(F)(F)F)c1. The number of aliphatic hydroxyl groups excluding tert-OH is 1. The first-order chi connectivity index (χ1) is 12.8. The molecule has 0 radical (unpaired) electrons. The smallest absolute Gasteiger partial charge is 0.406 e. The molecule has 1 amide bonds. The van der Waals surface area contributed by atoms with Crippen LogP contribution in [0.4, 0.5) is 18.9 Å². The minimum Gasteiger partial charge on any atom is -0.406 e. The molecule has 0 aliphatic rings. The van der Waals surface area contributed by atoms with E-state index in [0.717, 1.165) is 17.6 Å². The summed E-state index contributed by atoms with van der Waals surface area (Å²) >= 11 is 0. The molecule has 2 aromatic heterocycles. The molecule has 1 unspecified atom stereocenters. The van der Waals surface area contributed by atoms with E-state index in [2.05, 4.69) is 25.3 Å². The number of pyridine rings is 1. The fourth-order valence-electron chi connectivity index (χ4n) is 2.43. The number of aromatic nitrogens is 2. The number of benzene rings is 1. The largest absolute Gasteiger partial charge is 0.573 e. The zero-order valence-corrected chi connectivity index (χ0v) is 13.7. The van der Waals surface area contributed by atoms with Gasteiger partial charge >= 0.3 is 6.36 Å². The van der Waals surface area contributed by atoms with Crippen LogP contribution in [-0.4, -0.2) is 33.6 Å². The number of fused-ring (bicyclic) bond motifs is 1. The third-order valence-corrected chi connectivity index (χ3v) is 3.62. The lowest BCUT2D eigenvalue weighted by Crippen LogP contribution is -2.39. The number of nitrogens with one attached hydrogen (secondary N) is 3. The first-order valence-corrected chi connectivity index (χ1v) is 7.80. The number of aromatic amines is 1. The molecule has 0 aliphatic heterocycles. The van der Waals surface area contributed by atoms with Gasteiger partial charge in [0.1, 0.15) is 5.75 Å². The van der Waals surface area contributed by atoms with Crippen molar-refractivity contribution in [3.63, 3.8) is 0 Å². The molecule has 27 heavy (non-hydrogen) atoms. The lowest BCUT2D eigenvalue weighted by atomic mass is 10.2. The van der Waals surface area contributed by atoms with E-state index >= 15 is 0 Å². The highest BCUT2D eigenvalue weighted by Gasteiger charge is 2.31. The van der Waals surface area contributed by atoms with Crippen molar-refractivity contribution in [2.24, 2.45) is 0 Å². The molecule has 2 heterocycles. The number of alkyl halides is 3. The van der Waals surface area contributed by atoms with Crippen molar-refractivity contribution in [1.29, 1.82) is 0 Å². The van der Waals surface area contributed by atoms with Crippen molar-refractivity contribution in [2.45, 2.75) is 19.1 Å². The molecule has 0 spiro atoms. The molecule has 10 heteroatoms. The maximum atomic E-state index is 12.2. The van der Waals surface area contributed by atoms with Crippen LogP contribution in [0.1, 0.15) is 5.56 Å². The van der Waals surface area contributed by atoms with E-state index in [1.165, 1.54) is 12.1 Å². The van der Waals surface area contributed by atoms with Crippen LogP contribution in [0.25, 0.3) is 10.9 Å². The zero-order valence-electron chi connectivity index (χ0n) is 13.7. The number of H-pyrrole nitrogens is 1. The number of hydrogen-bond acceptors (Lipinski definition) is 5. The van der Waals surface area contributed by atoms with E-state index in [-0.39, 0.29) is 12.3 Å². The number of hydrogen-bond donors (Lipinski definition) is 4. The van der Waals surface area contributed by atoms with Gasteiger partial charge < -0.3 is 20.1 Å². The Hall–Kier alpha value is -3.11. The number of carbonyl (C=O) groups excluding carboxylic acids is 1. The Morgan fingerprint density at radius 3 is 2.93 bits per heavy atom. The van der Waals surface area contributed by atoms with Gasteiger partial charge in [0.2, 0.25) is 0 Å².